The minimum absolute atomic E-state index is 0.579. The molecule has 2 nitrogen and oxygen atoms in total. The molecule has 0 aromatic rings. The predicted molar refractivity (Wildman–Crippen MR) is 54.1 cm³/mol. The second-order valence-electron chi connectivity index (χ2n) is 3.48. The van der Waals surface area contributed by atoms with Crippen LogP contribution in [0, 0.1) is 0 Å². The van der Waals surface area contributed by atoms with E-state index >= 15 is 0 Å². The molecule has 1 radical (unpaired) electrons. The van der Waals surface area contributed by atoms with Crippen molar-refractivity contribution in [1.29, 1.82) is 0 Å². The van der Waals surface area contributed by atoms with Crippen molar-refractivity contribution in [2.75, 3.05) is 6.61 Å². The van der Waals surface area contributed by atoms with Gasteiger partial charge in [-0.05, 0) is 12.8 Å². The van der Waals surface area contributed by atoms with Crippen LogP contribution in [0.25, 0.3) is 0 Å². The predicted octanol–water partition coefficient (Wildman–Crippen LogP) is 3.53. The van der Waals surface area contributed by atoms with Gasteiger partial charge in [-0.3, -0.25) is 0 Å². The van der Waals surface area contributed by atoms with E-state index < -0.39 is 6.29 Å². The SMILES string of the molecule is CCCCCCCCOC([O])CC. The molecule has 0 aromatic heterocycles. The lowest BCUT2D eigenvalue weighted by atomic mass is 10.1. The molecule has 0 aliphatic carbocycles. The topological polar surface area (TPSA) is 29.1 Å². The first kappa shape index (κ1) is 12.9. The minimum Gasteiger partial charge on any atom is -0.350 e. The van der Waals surface area contributed by atoms with Gasteiger partial charge >= 0.3 is 0 Å². The van der Waals surface area contributed by atoms with Crippen LogP contribution < -0.4 is 0 Å². The molecule has 0 aliphatic rings. The highest BCUT2D eigenvalue weighted by Gasteiger charge is 2.00. The van der Waals surface area contributed by atoms with Gasteiger partial charge in [0.15, 0.2) is 6.29 Å². The van der Waals surface area contributed by atoms with Crippen molar-refractivity contribution in [2.45, 2.75) is 65.1 Å². The van der Waals surface area contributed by atoms with Crippen LogP contribution in [0.3, 0.4) is 0 Å². The fourth-order valence-electron chi connectivity index (χ4n) is 1.22. The van der Waals surface area contributed by atoms with Crippen LogP contribution in [0.4, 0.5) is 0 Å². The monoisotopic (exact) mass is 187 g/mol. The summed E-state index contributed by atoms with van der Waals surface area (Å²) in [5.41, 5.74) is 0. The van der Waals surface area contributed by atoms with Crippen LogP contribution in [0.15, 0.2) is 0 Å². The van der Waals surface area contributed by atoms with Crippen molar-refractivity contribution >= 4 is 0 Å². The highest BCUT2D eigenvalue weighted by molar-refractivity contribution is 4.44. The van der Waals surface area contributed by atoms with Gasteiger partial charge in [0.05, 0.1) is 0 Å². The van der Waals surface area contributed by atoms with Gasteiger partial charge in [-0.25, -0.2) is 5.11 Å². The van der Waals surface area contributed by atoms with E-state index in [1.165, 1.54) is 32.1 Å². The average Bonchev–Trinajstić information content (AvgIpc) is 2.16. The highest BCUT2D eigenvalue weighted by Crippen LogP contribution is 2.05. The Hall–Kier alpha value is -0.0800. The fraction of sp³-hybridized carbons (Fsp3) is 1.00. The Morgan fingerprint density at radius 1 is 1.00 bits per heavy atom. The summed E-state index contributed by atoms with van der Waals surface area (Å²) in [6, 6.07) is 0. The third-order valence-corrected chi connectivity index (χ3v) is 2.13. The smallest absolute Gasteiger partial charge is 0.191 e. The maximum Gasteiger partial charge on any atom is 0.191 e. The van der Waals surface area contributed by atoms with Gasteiger partial charge in [-0.2, -0.15) is 0 Å². The highest BCUT2D eigenvalue weighted by atomic mass is 16.6. The number of hydrogen-bond donors (Lipinski definition) is 0. The van der Waals surface area contributed by atoms with Gasteiger partial charge in [0.2, 0.25) is 0 Å². The molecule has 0 amide bonds. The van der Waals surface area contributed by atoms with E-state index in [1.54, 1.807) is 0 Å². The van der Waals surface area contributed by atoms with Crippen LogP contribution in [0.5, 0.6) is 0 Å². The molecule has 0 spiro atoms. The molecule has 0 aliphatic heterocycles. The van der Waals surface area contributed by atoms with Crippen molar-refractivity contribution < 1.29 is 9.84 Å². The Balaban J connectivity index is 2.91. The zero-order valence-electron chi connectivity index (χ0n) is 9.05. The molecule has 0 saturated carbocycles. The summed E-state index contributed by atoms with van der Waals surface area (Å²) in [6.45, 7) is 4.72. The van der Waals surface area contributed by atoms with Gasteiger partial charge in [0.1, 0.15) is 0 Å². The van der Waals surface area contributed by atoms with Gasteiger partial charge in [-0.1, -0.05) is 46.0 Å². The number of hydrogen-bond acceptors (Lipinski definition) is 1. The minimum atomic E-state index is -0.796. The van der Waals surface area contributed by atoms with Crippen LogP contribution in [-0.2, 0) is 9.84 Å². The zero-order valence-corrected chi connectivity index (χ0v) is 9.05. The Bertz CT molecular complexity index is 94.1. The van der Waals surface area contributed by atoms with Crippen LogP contribution in [-0.4, -0.2) is 12.9 Å². The average molecular weight is 187 g/mol. The Kier molecular flexibility index (Phi) is 9.94. The molecule has 0 rings (SSSR count). The van der Waals surface area contributed by atoms with E-state index in [1.807, 2.05) is 6.92 Å². The van der Waals surface area contributed by atoms with Gasteiger partial charge in [0.25, 0.3) is 0 Å². The molecule has 0 N–H and O–H groups in total. The molecule has 1 atom stereocenters. The summed E-state index contributed by atoms with van der Waals surface area (Å²) in [5.74, 6) is 0. The molecule has 13 heavy (non-hydrogen) atoms. The molecular weight excluding hydrogens is 164 g/mol. The normalized spacial score (nSPS) is 13.2. The zero-order chi connectivity index (χ0) is 9.94. The van der Waals surface area contributed by atoms with Gasteiger partial charge in [0, 0.05) is 6.61 Å². The third-order valence-electron chi connectivity index (χ3n) is 2.13. The number of unbranched alkanes of at least 4 members (excludes halogenated alkanes) is 5. The van der Waals surface area contributed by atoms with Crippen molar-refractivity contribution in [3.63, 3.8) is 0 Å². The fourth-order valence-corrected chi connectivity index (χ4v) is 1.22. The Labute approximate surface area is 82.3 Å². The van der Waals surface area contributed by atoms with Crippen LogP contribution >= 0.6 is 0 Å². The molecule has 79 valence electrons. The molecule has 0 fully saturated rings. The van der Waals surface area contributed by atoms with Crippen LogP contribution in [0.2, 0.25) is 0 Å². The summed E-state index contributed by atoms with van der Waals surface area (Å²) >= 11 is 0. The van der Waals surface area contributed by atoms with E-state index in [-0.39, 0.29) is 0 Å². The first-order chi connectivity index (χ1) is 6.31. The lowest BCUT2D eigenvalue weighted by molar-refractivity contribution is -0.141. The number of rotatable bonds is 9. The van der Waals surface area contributed by atoms with E-state index in [9.17, 15) is 5.11 Å². The summed E-state index contributed by atoms with van der Waals surface area (Å²) < 4.78 is 5.04. The second kappa shape index (κ2) is 10.0. The summed E-state index contributed by atoms with van der Waals surface area (Å²) in [7, 11) is 0. The molecule has 0 bridgehead atoms. The van der Waals surface area contributed by atoms with E-state index in [4.69, 9.17) is 4.74 Å². The lowest BCUT2D eigenvalue weighted by Gasteiger charge is -2.06. The molecule has 0 heterocycles. The summed E-state index contributed by atoms with van der Waals surface area (Å²) in [5, 5.41) is 10.8. The number of ether oxygens (including phenoxy) is 1. The Morgan fingerprint density at radius 3 is 2.23 bits per heavy atom. The molecule has 2 heteroatoms. The largest absolute Gasteiger partial charge is 0.350 e. The third kappa shape index (κ3) is 9.84. The van der Waals surface area contributed by atoms with Crippen LogP contribution in [0.1, 0.15) is 58.8 Å². The maximum atomic E-state index is 10.8. The lowest BCUT2D eigenvalue weighted by Crippen LogP contribution is -2.09. The van der Waals surface area contributed by atoms with Gasteiger partial charge < -0.3 is 4.74 Å². The summed E-state index contributed by atoms with van der Waals surface area (Å²) in [4.78, 5) is 0. The van der Waals surface area contributed by atoms with Crippen molar-refractivity contribution in [3.8, 4) is 0 Å². The first-order valence-electron chi connectivity index (χ1n) is 5.58. The van der Waals surface area contributed by atoms with E-state index in [0.29, 0.717) is 13.0 Å². The van der Waals surface area contributed by atoms with E-state index in [2.05, 4.69) is 6.92 Å². The molecular formula is C11H23O2. The molecule has 1 unspecified atom stereocenters. The van der Waals surface area contributed by atoms with E-state index in [0.717, 1.165) is 6.42 Å². The van der Waals surface area contributed by atoms with Crippen molar-refractivity contribution in [2.24, 2.45) is 0 Å². The van der Waals surface area contributed by atoms with Crippen molar-refractivity contribution in [3.05, 3.63) is 0 Å². The Morgan fingerprint density at radius 2 is 1.62 bits per heavy atom. The summed E-state index contributed by atoms with van der Waals surface area (Å²) in [6.07, 6.45) is 7.26. The quantitative estimate of drug-likeness (QED) is 0.401. The molecule has 0 aromatic carbocycles. The standard InChI is InChI=1S/C11H23O2/c1-3-5-6-7-8-9-10-13-11(12)4-2/h11H,3-10H2,1-2H3. The van der Waals surface area contributed by atoms with Gasteiger partial charge in [-0.15, -0.1) is 0 Å². The second-order valence-corrected chi connectivity index (χ2v) is 3.48. The maximum absolute atomic E-state index is 10.8. The molecule has 0 saturated heterocycles. The first-order valence-corrected chi connectivity index (χ1v) is 5.58. The van der Waals surface area contributed by atoms with Crippen molar-refractivity contribution in [1.82, 2.24) is 0 Å².